The van der Waals surface area contributed by atoms with Crippen LogP contribution in [0.15, 0.2) is 48.5 Å². The highest BCUT2D eigenvalue weighted by molar-refractivity contribution is 6.63. The number of halogens is 1. The van der Waals surface area contributed by atoms with Crippen molar-refractivity contribution in [3.05, 3.63) is 70.8 Å². The third-order valence-electron chi connectivity index (χ3n) is 4.17. The largest absolute Gasteiger partial charge is 0.387 e. The van der Waals surface area contributed by atoms with E-state index in [9.17, 15) is 20.1 Å². The van der Waals surface area contributed by atoms with Gasteiger partial charge in [0.1, 0.15) is 17.8 Å². The Hall–Kier alpha value is -1.72. The molecule has 2 aromatic rings. The van der Waals surface area contributed by atoms with Gasteiger partial charge in [0, 0.05) is 0 Å². The zero-order valence-electron chi connectivity index (χ0n) is 13.6. The number of aliphatic hydroxyl groups is 3. The van der Waals surface area contributed by atoms with Crippen LogP contribution in [0.25, 0.3) is 0 Å². The van der Waals surface area contributed by atoms with Crippen LogP contribution in [0.3, 0.4) is 0 Å². The first kappa shape index (κ1) is 18.6. The quantitative estimate of drug-likeness (QED) is 0.701. The van der Waals surface area contributed by atoms with Gasteiger partial charge < -0.3 is 15.3 Å². The maximum absolute atomic E-state index is 11.4. The Morgan fingerprint density at radius 3 is 1.92 bits per heavy atom. The van der Waals surface area contributed by atoms with E-state index in [1.165, 1.54) is 0 Å². The molecule has 0 heterocycles. The zero-order chi connectivity index (χ0) is 17.9. The van der Waals surface area contributed by atoms with Crippen molar-refractivity contribution in [3.63, 3.8) is 0 Å². The van der Waals surface area contributed by atoms with Crippen molar-refractivity contribution >= 4 is 16.8 Å². The van der Waals surface area contributed by atoms with Gasteiger partial charge in [-0.05, 0) is 36.6 Å². The molecule has 2 rings (SSSR count). The molecular formula is C19H21ClO4. The van der Waals surface area contributed by atoms with Crippen LogP contribution in [0.2, 0.25) is 0 Å². The van der Waals surface area contributed by atoms with Gasteiger partial charge >= 0.3 is 0 Å². The van der Waals surface area contributed by atoms with Crippen molar-refractivity contribution < 1.29 is 20.1 Å². The summed E-state index contributed by atoms with van der Waals surface area (Å²) in [5, 5.41) is 31.3. The molecule has 0 aliphatic carbocycles. The Labute approximate surface area is 146 Å². The van der Waals surface area contributed by atoms with Crippen LogP contribution >= 0.6 is 11.6 Å². The van der Waals surface area contributed by atoms with E-state index in [1.807, 2.05) is 13.8 Å². The highest BCUT2D eigenvalue weighted by Gasteiger charge is 2.43. The molecule has 0 fully saturated rings. The molecule has 0 saturated heterocycles. The van der Waals surface area contributed by atoms with E-state index in [0.29, 0.717) is 11.1 Å². The molecule has 1 unspecified atom stereocenters. The number of aryl methyl sites for hydroxylation is 2. The molecule has 0 aliphatic rings. The molecule has 0 bridgehead atoms. The lowest BCUT2D eigenvalue weighted by atomic mass is 9.81. The molecule has 2 aromatic carbocycles. The monoisotopic (exact) mass is 348 g/mol. The molecule has 0 amide bonds. The van der Waals surface area contributed by atoms with Crippen LogP contribution in [0.1, 0.15) is 34.8 Å². The number of rotatable bonds is 6. The van der Waals surface area contributed by atoms with E-state index < -0.39 is 29.5 Å². The van der Waals surface area contributed by atoms with E-state index >= 15 is 0 Å². The van der Waals surface area contributed by atoms with Crippen molar-refractivity contribution in [1.82, 2.24) is 0 Å². The maximum Gasteiger partial charge on any atom is 0.224 e. The second-order valence-electron chi connectivity index (χ2n) is 6.12. The Bertz CT molecular complexity index is 696. The molecule has 0 aliphatic heterocycles. The minimum absolute atomic E-state index is 0.320. The Kier molecular flexibility index (Phi) is 5.78. The summed E-state index contributed by atoms with van der Waals surface area (Å²) in [5.41, 5.74) is 0.745. The number of carbonyl (C=O) groups is 1. The number of hydrogen-bond acceptors (Lipinski definition) is 4. The third-order valence-corrected chi connectivity index (χ3v) is 4.30. The minimum Gasteiger partial charge on any atom is -0.387 e. The lowest BCUT2D eigenvalue weighted by Gasteiger charge is -2.35. The second-order valence-corrected chi connectivity index (χ2v) is 6.54. The summed E-state index contributed by atoms with van der Waals surface area (Å²) >= 11 is 5.47. The van der Waals surface area contributed by atoms with Gasteiger partial charge in [0.2, 0.25) is 5.24 Å². The first-order chi connectivity index (χ1) is 11.2. The average molecular weight is 349 g/mol. The topological polar surface area (TPSA) is 77.8 Å². The lowest BCUT2D eigenvalue weighted by Crippen LogP contribution is -2.44. The van der Waals surface area contributed by atoms with Crippen LogP contribution < -0.4 is 0 Å². The molecule has 24 heavy (non-hydrogen) atoms. The molecule has 0 radical (unpaired) electrons. The first-order valence-corrected chi connectivity index (χ1v) is 8.02. The van der Waals surface area contributed by atoms with Gasteiger partial charge in [-0.15, -0.1) is 0 Å². The second kappa shape index (κ2) is 7.45. The summed E-state index contributed by atoms with van der Waals surface area (Å²) in [6.45, 7) is 3.79. The van der Waals surface area contributed by atoms with Crippen molar-refractivity contribution in [3.8, 4) is 0 Å². The van der Waals surface area contributed by atoms with E-state index in [4.69, 9.17) is 11.6 Å². The van der Waals surface area contributed by atoms with Crippen LogP contribution in [-0.4, -0.2) is 26.7 Å². The Balaban J connectivity index is 2.40. The van der Waals surface area contributed by atoms with Gasteiger partial charge in [-0.25, -0.2) is 0 Å². The van der Waals surface area contributed by atoms with Crippen LogP contribution in [0.5, 0.6) is 0 Å². The highest BCUT2D eigenvalue weighted by Crippen LogP contribution is 2.36. The summed E-state index contributed by atoms with van der Waals surface area (Å²) in [5.74, 6) is 0. The Morgan fingerprint density at radius 1 is 1.00 bits per heavy atom. The van der Waals surface area contributed by atoms with E-state index in [2.05, 4.69) is 0 Å². The van der Waals surface area contributed by atoms with Crippen molar-refractivity contribution in [1.29, 1.82) is 0 Å². The molecule has 0 saturated carbocycles. The summed E-state index contributed by atoms with van der Waals surface area (Å²) in [4.78, 5) is 11.4. The smallest absolute Gasteiger partial charge is 0.224 e. The molecule has 5 heteroatoms. The molecule has 3 N–H and O–H groups in total. The number of carbonyl (C=O) groups excluding carboxylic acids is 1. The molecular weight excluding hydrogens is 328 g/mol. The van der Waals surface area contributed by atoms with Gasteiger partial charge in [-0.1, -0.05) is 59.7 Å². The standard InChI is InChI=1S/C19H21ClO4/c1-12-3-7-14(8-4-12)17(22)18(23)19(24,11-16(20)21)15-9-5-13(2)6-10-15/h3-10,17-18,22-24H,11H2,1-2H3/t17?,18-,19-/m0/s1. The summed E-state index contributed by atoms with van der Waals surface area (Å²) in [7, 11) is 0. The molecule has 4 nitrogen and oxygen atoms in total. The summed E-state index contributed by atoms with van der Waals surface area (Å²) in [6.07, 6.45) is -3.50. The SMILES string of the molecule is Cc1ccc(C(O)[C@H](O)[C@](O)(CC(=O)Cl)c2ccc(C)cc2)cc1. The fourth-order valence-corrected chi connectivity index (χ4v) is 2.84. The third kappa shape index (κ3) is 4.02. The minimum atomic E-state index is -1.99. The van der Waals surface area contributed by atoms with Crippen LogP contribution in [-0.2, 0) is 10.4 Å². The number of hydrogen-bond donors (Lipinski definition) is 3. The maximum atomic E-state index is 11.4. The van der Waals surface area contributed by atoms with E-state index in [-0.39, 0.29) is 0 Å². The Morgan fingerprint density at radius 2 is 1.46 bits per heavy atom. The fourth-order valence-electron chi connectivity index (χ4n) is 2.64. The van der Waals surface area contributed by atoms with Gasteiger partial charge in [-0.2, -0.15) is 0 Å². The normalized spacial score (nSPS) is 16.2. The van der Waals surface area contributed by atoms with Crippen LogP contribution in [0.4, 0.5) is 0 Å². The molecule has 128 valence electrons. The highest BCUT2D eigenvalue weighted by atomic mass is 35.5. The number of aliphatic hydroxyl groups excluding tert-OH is 2. The van der Waals surface area contributed by atoms with E-state index in [1.54, 1.807) is 48.5 Å². The molecule has 0 aromatic heterocycles. The zero-order valence-corrected chi connectivity index (χ0v) is 14.4. The van der Waals surface area contributed by atoms with Gasteiger partial charge in [0.05, 0.1) is 6.42 Å². The van der Waals surface area contributed by atoms with Crippen LogP contribution in [0, 0.1) is 13.8 Å². The fraction of sp³-hybridized carbons (Fsp3) is 0.316. The summed E-state index contributed by atoms with van der Waals surface area (Å²) in [6, 6.07) is 13.7. The van der Waals surface area contributed by atoms with Crippen molar-refractivity contribution in [2.24, 2.45) is 0 Å². The predicted octanol–water partition coefficient (Wildman–Crippen LogP) is 2.74. The van der Waals surface area contributed by atoms with Crippen molar-refractivity contribution in [2.75, 3.05) is 0 Å². The van der Waals surface area contributed by atoms with Gasteiger partial charge in [0.15, 0.2) is 0 Å². The van der Waals surface area contributed by atoms with Crippen molar-refractivity contribution in [2.45, 2.75) is 38.1 Å². The first-order valence-electron chi connectivity index (χ1n) is 7.64. The van der Waals surface area contributed by atoms with Gasteiger partial charge in [0.25, 0.3) is 0 Å². The lowest BCUT2D eigenvalue weighted by molar-refractivity contribution is -0.145. The number of benzene rings is 2. The predicted molar refractivity (Wildman–Crippen MR) is 92.7 cm³/mol. The van der Waals surface area contributed by atoms with E-state index in [0.717, 1.165) is 11.1 Å². The summed E-state index contributed by atoms with van der Waals surface area (Å²) < 4.78 is 0. The molecule has 3 atom stereocenters. The average Bonchev–Trinajstić information content (AvgIpc) is 2.54. The van der Waals surface area contributed by atoms with Gasteiger partial charge in [-0.3, -0.25) is 4.79 Å². The molecule has 0 spiro atoms.